The van der Waals surface area contributed by atoms with Crippen LogP contribution in [0.2, 0.25) is 0 Å². The van der Waals surface area contributed by atoms with Gasteiger partial charge in [-0.3, -0.25) is 4.90 Å². The van der Waals surface area contributed by atoms with E-state index < -0.39 is 0 Å². The lowest BCUT2D eigenvalue weighted by atomic mass is 9.93. The summed E-state index contributed by atoms with van der Waals surface area (Å²) in [6, 6.07) is 3.47. The van der Waals surface area contributed by atoms with Crippen molar-refractivity contribution in [3.63, 3.8) is 0 Å². The predicted octanol–water partition coefficient (Wildman–Crippen LogP) is 2.57. The Morgan fingerprint density at radius 2 is 1.94 bits per heavy atom. The fraction of sp³-hybridized carbons (Fsp3) is 0.929. The number of morpholine rings is 1. The van der Waals surface area contributed by atoms with Gasteiger partial charge in [0.2, 0.25) is 0 Å². The third-order valence-electron chi connectivity index (χ3n) is 4.23. The topological polar surface area (TPSA) is 36.3 Å². The van der Waals surface area contributed by atoms with Crippen LogP contribution in [0.4, 0.5) is 0 Å². The average molecular weight is 236 g/mol. The van der Waals surface area contributed by atoms with Crippen LogP contribution >= 0.6 is 0 Å². The summed E-state index contributed by atoms with van der Waals surface area (Å²) in [4.78, 5) is 2.54. The molecule has 0 radical (unpaired) electrons. The van der Waals surface area contributed by atoms with Crippen molar-refractivity contribution < 1.29 is 4.74 Å². The lowest BCUT2D eigenvalue weighted by Gasteiger charge is -2.43. The van der Waals surface area contributed by atoms with E-state index in [1.807, 2.05) is 0 Å². The van der Waals surface area contributed by atoms with Gasteiger partial charge in [-0.1, -0.05) is 19.3 Å². The zero-order chi connectivity index (χ0) is 12.3. The molecule has 0 bridgehead atoms. The van der Waals surface area contributed by atoms with Crippen molar-refractivity contribution in [1.29, 1.82) is 5.26 Å². The van der Waals surface area contributed by atoms with Crippen molar-refractivity contribution in [2.75, 3.05) is 13.2 Å². The number of rotatable bonds is 1. The maximum atomic E-state index is 9.36. The van der Waals surface area contributed by atoms with Gasteiger partial charge >= 0.3 is 0 Å². The van der Waals surface area contributed by atoms with Crippen LogP contribution in [0.1, 0.15) is 46.0 Å². The number of nitriles is 1. The standard InChI is InChI=1S/C14H24N2O/c1-11-10-17-12(2)9-16(11)14-7-5-3-4-6-13(14)8-15/h11-14H,3-7,9-10H2,1-2H3. The van der Waals surface area contributed by atoms with E-state index in [1.165, 1.54) is 25.7 Å². The van der Waals surface area contributed by atoms with Gasteiger partial charge in [0.05, 0.1) is 24.7 Å². The Labute approximate surface area is 105 Å². The van der Waals surface area contributed by atoms with E-state index in [9.17, 15) is 5.26 Å². The van der Waals surface area contributed by atoms with Crippen LogP contribution in [0.15, 0.2) is 0 Å². The molecule has 3 heteroatoms. The summed E-state index contributed by atoms with van der Waals surface area (Å²) in [6.45, 7) is 6.17. The molecular formula is C14H24N2O. The smallest absolute Gasteiger partial charge is 0.0674 e. The van der Waals surface area contributed by atoms with Gasteiger partial charge in [-0.25, -0.2) is 0 Å². The van der Waals surface area contributed by atoms with Gasteiger partial charge in [-0.15, -0.1) is 0 Å². The first-order valence-electron chi connectivity index (χ1n) is 6.99. The molecule has 0 aromatic heterocycles. The van der Waals surface area contributed by atoms with E-state index in [2.05, 4.69) is 24.8 Å². The van der Waals surface area contributed by atoms with Crippen molar-refractivity contribution >= 4 is 0 Å². The van der Waals surface area contributed by atoms with E-state index in [4.69, 9.17) is 4.74 Å². The molecule has 0 N–H and O–H groups in total. The SMILES string of the molecule is CC1CN(C2CCCCCC2C#N)C(C)CO1. The number of nitrogens with zero attached hydrogens (tertiary/aromatic N) is 2. The van der Waals surface area contributed by atoms with E-state index in [0.29, 0.717) is 18.2 Å². The van der Waals surface area contributed by atoms with Crippen LogP contribution in [0.5, 0.6) is 0 Å². The van der Waals surface area contributed by atoms with E-state index in [-0.39, 0.29) is 5.92 Å². The maximum absolute atomic E-state index is 9.36. The Kier molecular flexibility index (Phi) is 4.42. The molecule has 2 fully saturated rings. The van der Waals surface area contributed by atoms with Crippen molar-refractivity contribution in [3.8, 4) is 6.07 Å². The molecule has 2 aliphatic rings. The van der Waals surface area contributed by atoms with Gasteiger partial charge in [-0.05, 0) is 26.7 Å². The van der Waals surface area contributed by atoms with Gasteiger partial charge in [0.25, 0.3) is 0 Å². The Balaban J connectivity index is 2.08. The lowest BCUT2D eigenvalue weighted by molar-refractivity contribution is -0.0726. The third-order valence-corrected chi connectivity index (χ3v) is 4.23. The third kappa shape index (κ3) is 3.00. The quantitative estimate of drug-likeness (QED) is 0.656. The van der Waals surface area contributed by atoms with Gasteiger partial charge in [-0.2, -0.15) is 5.26 Å². The molecule has 2 rings (SSSR count). The highest BCUT2D eigenvalue weighted by molar-refractivity contribution is 4.97. The van der Waals surface area contributed by atoms with Crippen LogP contribution in [-0.2, 0) is 4.74 Å². The summed E-state index contributed by atoms with van der Waals surface area (Å²) in [5.74, 6) is 0.227. The average Bonchev–Trinajstić information content (AvgIpc) is 2.57. The van der Waals surface area contributed by atoms with Gasteiger partial charge < -0.3 is 4.74 Å². The maximum Gasteiger partial charge on any atom is 0.0674 e. The molecule has 0 amide bonds. The highest BCUT2D eigenvalue weighted by atomic mass is 16.5. The lowest BCUT2D eigenvalue weighted by Crippen LogP contribution is -2.54. The molecule has 0 spiro atoms. The van der Waals surface area contributed by atoms with Crippen LogP contribution in [0.3, 0.4) is 0 Å². The van der Waals surface area contributed by atoms with Crippen molar-refractivity contribution in [2.45, 2.75) is 64.1 Å². The minimum atomic E-state index is 0.227. The van der Waals surface area contributed by atoms with E-state index in [1.54, 1.807) is 0 Å². The van der Waals surface area contributed by atoms with Crippen LogP contribution in [0.25, 0.3) is 0 Å². The first kappa shape index (κ1) is 12.9. The Morgan fingerprint density at radius 3 is 2.71 bits per heavy atom. The molecule has 4 atom stereocenters. The fourth-order valence-electron chi connectivity index (χ4n) is 3.23. The molecule has 0 aromatic rings. The fourth-order valence-corrected chi connectivity index (χ4v) is 3.23. The summed E-state index contributed by atoms with van der Waals surface area (Å²) < 4.78 is 5.69. The van der Waals surface area contributed by atoms with Gasteiger partial charge in [0, 0.05) is 18.6 Å². The number of ether oxygens (including phenoxy) is 1. The normalized spacial score (nSPS) is 40.5. The van der Waals surface area contributed by atoms with Crippen molar-refractivity contribution in [2.24, 2.45) is 5.92 Å². The minimum Gasteiger partial charge on any atom is -0.376 e. The molecule has 1 saturated carbocycles. The van der Waals surface area contributed by atoms with Crippen molar-refractivity contribution in [3.05, 3.63) is 0 Å². The summed E-state index contributed by atoms with van der Waals surface area (Å²) in [6.07, 6.45) is 6.39. The zero-order valence-electron chi connectivity index (χ0n) is 11.1. The summed E-state index contributed by atoms with van der Waals surface area (Å²) in [5, 5.41) is 9.36. The van der Waals surface area contributed by atoms with Crippen molar-refractivity contribution in [1.82, 2.24) is 4.90 Å². The second-order valence-electron chi connectivity index (χ2n) is 5.63. The Hall–Kier alpha value is -0.590. The molecule has 4 unspecified atom stereocenters. The van der Waals surface area contributed by atoms with E-state index >= 15 is 0 Å². The first-order chi connectivity index (χ1) is 8.22. The van der Waals surface area contributed by atoms with Gasteiger partial charge in [0.1, 0.15) is 0 Å². The molecule has 0 aromatic carbocycles. The minimum absolute atomic E-state index is 0.227. The monoisotopic (exact) mass is 236 g/mol. The second-order valence-corrected chi connectivity index (χ2v) is 5.63. The molecule has 1 heterocycles. The molecule has 17 heavy (non-hydrogen) atoms. The largest absolute Gasteiger partial charge is 0.376 e. The molecule has 96 valence electrons. The summed E-state index contributed by atoms with van der Waals surface area (Å²) in [7, 11) is 0. The van der Waals surface area contributed by atoms with E-state index in [0.717, 1.165) is 19.6 Å². The van der Waals surface area contributed by atoms with Gasteiger partial charge in [0.15, 0.2) is 0 Å². The predicted molar refractivity (Wildman–Crippen MR) is 67.6 cm³/mol. The summed E-state index contributed by atoms with van der Waals surface area (Å²) >= 11 is 0. The first-order valence-corrected chi connectivity index (χ1v) is 6.99. The van der Waals surface area contributed by atoms with Crippen LogP contribution in [0, 0.1) is 17.2 Å². The van der Waals surface area contributed by atoms with Crippen LogP contribution < -0.4 is 0 Å². The molecule has 1 saturated heterocycles. The number of hydrogen-bond donors (Lipinski definition) is 0. The second kappa shape index (κ2) is 5.84. The molecule has 1 aliphatic carbocycles. The Morgan fingerprint density at radius 1 is 1.18 bits per heavy atom. The van der Waals surface area contributed by atoms with Crippen LogP contribution in [-0.4, -0.2) is 36.2 Å². The highest BCUT2D eigenvalue weighted by Crippen LogP contribution is 2.30. The molecule has 3 nitrogen and oxygen atoms in total. The number of hydrogen-bond acceptors (Lipinski definition) is 3. The molecular weight excluding hydrogens is 212 g/mol. The Bertz CT molecular complexity index is 286. The summed E-state index contributed by atoms with van der Waals surface area (Å²) in [5.41, 5.74) is 0. The highest BCUT2D eigenvalue weighted by Gasteiger charge is 2.34. The zero-order valence-corrected chi connectivity index (χ0v) is 11.1. The molecule has 1 aliphatic heterocycles.